The monoisotopic (exact) mass is 394 g/mol. The molecular weight excluding hydrogens is 368 g/mol. The summed E-state index contributed by atoms with van der Waals surface area (Å²) in [5.41, 5.74) is 6.52. The van der Waals surface area contributed by atoms with Gasteiger partial charge in [-0.25, -0.2) is 8.42 Å². The lowest BCUT2D eigenvalue weighted by atomic mass is 10.1. The van der Waals surface area contributed by atoms with E-state index in [9.17, 15) is 8.42 Å². The van der Waals surface area contributed by atoms with E-state index >= 15 is 0 Å². The molecule has 4 nitrogen and oxygen atoms in total. The van der Waals surface area contributed by atoms with E-state index in [2.05, 4.69) is 52.1 Å². The third kappa shape index (κ3) is 3.72. The van der Waals surface area contributed by atoms with Crippen molar-refractivity contribution in [3.63, 3.8) is 0 Å². The van der Waals surface area contributed by atoms with Crippen LogP contribution >= 0.6 is 0 Å². The molecule has 28 heavy (non-hydrogen) atoms. The van der Waals surface area contributed by atoms with Gasteiger partial charge in [0.1, 0.15) is 10.7 Å². The highest BCUT2D eigenvalue weighted by Crippen LogP contribution is 2.36. The maximum absolute atomic E-state index is 11.3. The molecule has 2 aromatic carbocycles. The zero-order chi connectivity index (χ0) is 19.5. The van der Waals surface area contributed by atoms with Crippen LogP contribution in [0.1, 0.15) is 30.4 Å². The highest BCUT2D eigenvalue weighted by Gasteiger charge is 2.20. The number of anilines is 1. The first-order chi connectivity index (χ1) is 13.6. The van der Waals surface area contributed by atoms with Crippen LogP contribution in [0.5, 0.6) is 0 Å². The molecule has 1 aliphatic heterocycles. The first-order valence-electron chi connectivity index (χ1n) is 9.87. The van der Waals surface area contributed by atoms with Crippen molar-refractivity contribution in [3.8, 4) is 16.9 Å². The number of aromatic nitrogens is 1. The Kier molecular flexibility index (Phi) is 5.53. The number of nitrogens with zero attached hydrogens (tertiary/aromatic N) is 2. The molecule has 4 rings (SSSR count). The van der Waals surface area contributed by atoms with Crippen molar-refractivity contribution in [1.29, 1.82) is 0 Å². The van der Waals surface area contributed by atoms with Gasteiger partial charge in [-0.05, 0) is 49.4 Å². The van der Waals surface area contributed by atoms with Crippen LogP contribution < -0.4 is 4.90 Å². The van der Waals surface area contributed by atoms with Crippen LogP contribution in [-0.2, 0) is 16.5 Å². The molecule has 0 unspecified atom stereocenters. The van der Waals surface area contributed by atoms with Crippen molar-refractivity contribution in [2.24, 2.45) is 0 Å². The molecule has 1 aromatic heterocycles. The van der Waals surface area contributed by atoms with E-state index < -0.39 is 10.7 Å². The number of piperidine rings is 1. The topological polar surface area (TPSA) is 42.3 Å². The minimum Gasteiger partial charge on any atom is -0.370 e. The van der Waals surface area contributed by atoms with E-state index in [1.807, 2.05) is 25.1 Å². The van der Waals surface area contributed by atoms with Crippen molar-refractivity contribution < 1.29 is 8.42 Å². The Morgan fingerprint density at radius 2 is 1.61 bits per heavy atom. The van der Waals surface area contributed by atoms with E-state index in [4.69, 9.17) is 0 Å². The Morgan fingerprint density at radius 1 is 0.857 bits per heavy atom. The number of rotatable bonds is 5. The van der Waals surface area contributed by atoms with Crippen molar-refractivity contribution in [2.45, 2.75) is 31.9 Å². The minimum absolute atomic E-state index is 0.0793. The second-order valence-corrected chi connectivity index (χ2v) is 8.37. The fraction of sp³-hybridized carbons (Fsp3) is 0.304. The largest absolute Gasteiger partial charge is 0.370 e. The number of hydrogen-bond acceptors (Lipinski definition) is 3. The van der Waals surface area contributed by atoms with Crippen molar-refractivity contribution in [2.75, 3.05) is 18.0 Å². The van der Waals surface area contributed by atoms with Crippen LogP contribution in [0.3, 0.4) is 0 Å². The molecule has 0 amide bonds. The Morgan fingerprint density at radius 3 is 2.32 bits per heavy atom. The predicted octanol–water partition coefficient (Wildman–Crippen LogP) is 4.55. The van der Waals surface area contributed by atoms with Gasteiger partial charge in [0.2, 0.25) is 0 Å². The second kappa shape index (κ2) is 8.23. The standard InChI is InChI=1S/C23H26N2O2S/c1-18-20(17-28(26)27)11-8-12-21(18)25-16-13-22(24-14-6-3-7-15-24)23(25)19-9-4-2-5-10-19/h2,4-5,8-13,16,28H,3,6-7,14-15,17H2,1H3. The zero-order valence-electron chi connectivity index (χ0n) is 16.2. The molecule has 2 heterocycles. The molecule has 3 aromatic rings. The third-order valence-corrected chi connectivity index (χ3v) is 6.18. The first-order valence-corrected chi connectivity index (χ1v) is 11.2. The molecule has 0 atom stereocenters. The fourth-order valence-corrected chi connectivity index (χ4v) is 4.76. The van der Waals surface area contributed by atoms with Crippen LogP contribution in [0.25, 0.3) is 16.9 Å². The molecule has 0 N–H and O–H groups in total. The average Bonchev–Trinajstić information content (AvgIpc) is 3.15. The molecule has 1 saturated heterocycles. The first kappa shape index (κ1) is 18.8. The van der Waals surface area contributed by atoms with E-state index in [1.165, 1.54) is 36.2 Å². The molecule has 5 heteroatoms. The quantitative estimate of drug-likeness (QED) is 0.646. The van der Waals surface area contributed by atoms with Gasteiger partial charge in [0, 0.05) is 30.5 Å². The summed E-state index contributed by atoms with van der Waals surface area (Å²) >= 11 is 0. The van der Waals surface area contributed by atoms with Crippen molar-refractivity contribution in [3.05, 3.63) is 71.9 Å². The molecule has 0 radical (unpaired) electrons. The lowest BCUT2D eigenvalue weighted by Crippen LogP contribution is -2.29. The van der Waals surface area contributed by atoms with Crippen molar-refractivity contribution in [1.82, 2.24) is 4.57 Å². The molecule has 0 saturated carbocycles. The summed E-state index contributed by atoms with van der Waals surface area (Å²) in [7, 11) is -2.45. The highest BCUT2D eigenvalue weighted by atomic mass is 32.2. The second-order valence-electron chi connectivity index (χ2n) is 7.39. The lowest BCUT2D eigenvalue weighted by molar-refractivity contribution is 0.578. The van der Waals surface area contributed by atoms with Crippen LogP contribution in [0.15, 0.2) is 60.8 Å². The number of thiol groups is 1. The molecule has 0 bridgehead atoms. The fourth-order valence-electron chi connectivity index (χ4n) is 4.14. The van der Waals surface area contributed by atoms with Gasteiger partial charge in [-0.1, -0.05) is 42.5 Å². The normalized spacial score (nSPS) is 14.6. The molecular formula is C23H26N2O2S. The molecule has 1 aliphatic rings. The summed E-state index contributed by atoms with van der Waals surface area (Å²) in [4.78, 5) is 2.48. The summed E-state index contributed by atoms with van der Waals surface area (Å²) in [5.74, 6) is 0.0793. The highest BCUT2D eigenvalue weighted by molar-refractivity contribution is 7.71. The molecule has 146 valence electrons. The Hall–Kier alpha value is -2.53. The van der Waals surface area contributed by atoms with E-state index in [0.29, 0.717) is 0 Å². The van der Waals surface area contributed by atoms with Crippen LogP contribution in [0, 0.1) is 6.92 Å². The number of benzene rings is 2. The van der Waals surface area contributed by atoms with Crippen LogP contribution in [-0.4, -0.2) is 26.1 Å². The van der Waals surface area contributed by atoms with Crippen LogP contribution in [0.4, 0.5) is 5.69 Å². The maximum atomic E-state index is 11.3. The molecule has 0 aliphatic carbocycles. The zero-order valence-corrected chi connectivity index (χ0v) is 17.1. The summed E-state index contributed by atoms with van der Waals surface area (Å²) in [6.07, 6.45) is 5.87. The Bertz CT molecular complexity index is 1020. The van der Waals surface area contributed by atoms with Gasteiger partial charge in [0.15, 0.2) is 0 Å². The lowest BCUT2D eigenvalue weighted by Gasteiger charge is -2.29. The van der Waals surface area contributed by atoms with Gasteiger partial charge in [-0.3, -0.25) is 0 Å². The Balaban J connectivity index is 1.87. The van der Waals surface area contributed by atoms with Gasteiger partial charge in [0.25, 0.3) is 0 Å². The number of hydrogen-bond donors (Lipinski definition) is 1. The Labute approximate surface area is 168 Å². The van der Waals surface area contributed by atoms with E-state index in [1.54, 1.807) is 0 Å². The van der Waals surface area contributed by atoms with Gasteiger partial charge in [0.05, 0.1) is 17.1 Å². The van der Waals surface area contributed by atoms with E-state index in [0.717, 1.165) is 29.9 Å². The maximum Gasteiger partial charge on any atom is 0.144 e. The third-order valence-electron chi connectivity index (χ3n) is 5.59. The summed E-state index contributed by atoms with van der Waals surface area (Å²) in [6.45, 7) is 4.18. The minimum atomic E-state index is -2.45. The van der Waals surface area contributed by atoms with Gasteiger partial charge in [-0.2, -0.15) is 0 Å². The molecule has 0 spiro atoms. The van der Waals surface area contributed by atoms with Gasteiger partial charge in [-0.15, -0.1) is 0 Å². The van der Waals surface area contributed by atoms with Gasteiger partial charge < -0.3 is 9.47 Å². The predicted molar refractivity (Wildman–Crippen MR) is 116 cm³/mol. The summed E-state index contributed by atoms with van der Waals surface area (Å²) < 4.78 is 24.8. The molecule has 1 fully saturated rings. The average molecular weight is 395 g/mol. The smallest absolute Gasteiger partial charge is 0.144 e. The van der Waals surface area contributed by atoms with E-state index in [-0.39, 0.29) is 5.75 Å². The van der Waals surface area contributed by atoms with Gasteiger partial charge >= 0.3 is 0 Å². The van der Waals surface area contributed by atoms with Crippen LogP contribution in [0.2, 0.25) is 0 Å². The summed E-state index contributed by atoms with van der Waals surface area (Å²) in [5, 5.41) is 0. The SMILES string of the molecule is Cc1c(C[SH](=O)=O)cccc1-n1ccc(N2CCCCC2)c1-c1ccccc1. The summed E-state index contributed by atoms with van der Waals surface area (Å²) in [6, 6.07) is 18.6. The van der Waals surface area contributed by atoms with Crippen molar-refractivity contribution >= 4 is 16.4 Å².